The fourth-order valence-electron chi connectivity index (χ4n) is 3.58. The third-order valence-corrected chi connectivity index (χ3v) is 5.11. The molecule has 0 atom stereocenters. The second-order valence-electron chi connectivity index (χ2n) is 7.33. The molecule has 1 amide bonds. The highest BCUT2D eigenvalue weighted by atomic mass is 16.5. The maximum absolute atomic E-state index is 13.1. The maximum Gasteiger partial charge on any atom is 0.259 e. The number of amides is 1. The van der Waals surface area contributed by atoms with Crippen LogP contribution in [0, 0.1) is 6.92 Å². The zero-order valence-corrected chi connectivity index (χ0v) is 16.6. The standard InChI is InChI=1S/C24H25N3O2/c1-19-7-5-8-20(17-19)18-26-13-15-27(16-14-26)24(28)22-11-6-12-25-23(22)29-21-9-3-2-4-10-21/h2-12,17H,13-16,18H2,1H3. The van der Waals surface area contributed by atoms with Crippen molar-refractivity contribution in [3.8, 4) is 11.6 Å². The Hall–Kier alpha value is -3.18. The monoisotopic (exact) mass is 387 g/mol. The summed E-state index contributed by atoms with van der Waals surface area (Å²) in [6, 6.07) is 21.6. The van der Waals surface area contributed by atoms with Gasteiger partial charge in [-0.05, 0) is 36.8 Å². The molecule has 5 nitrogen and oxygen atoms in total. The summed E-state index contributed by atoms with van der Waals surface area (Å²) >= 11 is 0. The van der Waals surface area contributed by atoms with Crippen LogP contribution in [0.3, 0.4) is 0 Å². The Morgan fingerprint density at radius 1 is 0.966 bits per heavy atom. The molecular formula is C24H25N3O2. The average molecular weight is 387 g/mol. The first-order valence-corrected chi connectivity index (χ1v) is 9.94. The van der Waals surface area contributed by atoms with E-state index < -0.39 is 0 Å². The van der Waals surface area contributed by atoms with E-state index in [1.165, 1.54) is 11.1 Å². The first-order chi connectivity index (χ1) is 14.2. The van der Waals surface area contributed by atoms with Crippen molar-refractivity contribution in [2.45, 2.75) is 13.5 Å². The van der Waals surface area contributed by atoms with Crippen LogP contribution in [-0.2, 0) is 6.54 Å². The van der Waals surface area contributed by atoms with Gasteiger partial charge in [0.2, 0.25) is 5.88 Å². The van der Waals surface area contributed by atoms with Crippen LogP contribution in [0.15, 0.2) is 72.9 Å². The van der Waals surface area contributed by atoms with Crippen molar-refractivity contribution in [1.29, 1.82) is 0 Å². The smallest absolute Gasteiger partial charge is 0.259 e. The van der Waals surface area contributed by atoms with Crippen LogP contribution in [0.1, 0.15) is 21.5 Å². The molecule has 0 bridgehead atoms. The second kappa shape index (κ2) is 8.88. The summed E-state index contributed by atoms with van der Waals surface area (Å²) in [5.41, 5.74) is 3.10. The quantitative estimate of drug-likeness (QED) is 0.660. The minimum Gasteiger partial charge on any atom is -0.438 e. The number of rotatable bonds is 5. The van der Waals surface area contributed by atoms with Crippen molar-refractivity contribution in [2.24, 2.45) is 0 Å². The van der Waals surface area contributed by atoms with E-state index in [1.54, 1.807) is 18.3 Å². The molecule has 1 saturated heterocycles. The number of nitrogens with zero attached hydrogens (tertiary/aromatic N) is 3. The number of piperazine rings is 1. The molecule has 148 valence electrons. The number of carbonyl (C=O) groups is 1. The molecular weight excluding hydrogens is 362 g/mol. The molecule has 1 fully saturated rings. The van der Waals surface area contributed by atoms with Crippen LogP contribution in [0.5, 0.6) is 11.6 Å². The van der Waals surface area contributed by atoms with E-state index in [1.807, 2.05) is 35.2 Å². The molecule has 3 aromatic rings. The molecule has 0 radical (unpaired) electrons. The van der Waals surface area contributed by atoms with Gasteiger partial charge in [-0.15, -0.1) is 0 Å². The van der Waals surface area contributed by atoms with Gasteiger partial charge in [0.05, 0.1) is 0 Å². The zero-order valence-electron chi connectivity index (χ0n) is 16.6. The van der Waals surface area contributed by atoms with Gasteiger partial charge in [-0.2, -0.15) is 0 Å². The van der Waals surface area contributed by atoms with Crippen molar-refractivity contribution in [3.05, 3.63) is 89.6 Å². The number of aryl methyl sites for hydroxylation is 1. The number of benzene rings is 2. The third-order valence-electron chi connectivity index (χ3n) is 5.11. The molecule has 29 heavy (non-hydrogen) atoms. The molecule has 4 rings (SSSR count). The first-order valence-electron chi connectivity index (χ1n) is 9.94. The van der Waals surface area contributed by atoms with E-state index in [0.29, 0.717) is 30.3 Å². The van der Waals surface area contributed by atoms with Crippen LogP contribution in [0.25, 0.3) is 0 Å². The van der Waals surface area contributed by atoms with E-state index in [2.05, 4.69) is 41.1 Å². The molecule has 0 N–H and O–H groups in total. The van der Waals surface area contributed by atoms with Crippen molar-refractivity contribution in [3.63, 3.8) is 0 Å². The summed E-state index contributed by atoms with van der Waals surface area (Å²) < 4.78 is 5.86. The van der Waals surface area contributed by atoms with Gasteiger partial charge in [0, 0.05) is 38.9 Å². The molecule has 0 unspecified atom stereocenters. The van der Waals surface area contributed by atoms with Gasteiger partial charge < -0.3 is 9.64 Å². The first kappa shape index (κ1) is 19.2. The Kier molecular flexibility index (Phi) is 5.86. The summed E-state index contributed by atoms with van der Waals surface area (Å²) in [5, 5.41) is 0. The predicted molar refractivity (Wildman–Crippen MR) is 113 cm³/mol. The molecule has 0 aliphatic carbocycles. The number of aromatic nitrogens is 1. The summed E-state index contributed by atoms with van der Waals surface area (Å²) in [5.74, 6) is 0.994. The second-order valence-corrected chi connectivity index (χ2v) is 7.33. The Bertz CT molecular complexity index is 967. The molecule has 1 aromatic heterocycles. The maximum atomic E-state index is 13.1. The highest BCUT2D eigenvalue weighted by molar-refractivity contribution is 5.96. The number of pyridine rings is 1. The van der Waals surface area contributed by atoms with Gasteiger partial charge in [0.25, 0.3) is 5.91 Å². The average Bonchev–Trinajstić information content (AvgIpc) is 2.75. The van der Waals surface area contributed by atoms with E-state index >= 15 is 0 Å². The van der Waals surface area contributed by atoms with Gasteiger partial charge >= 0.3 is 0 Å². The number of carbonyl (C=O) groups excluding carboxylic acids is 1. The van der Waals surface area contributed by atoms with E-state index in [0.717, 1.165) is 19.6 Å². The minimum absolute atomic E-state index is 0.0285. The lowest BCUT2D eigenvalue weighted by atomic mass is 10.1. The van der Waals surface area contributed by atoms with E-state index in [9.17, 15) is 4.79 Å². The number of ether oxygens (including phenoxy) is 1. The molecule has 2 aromatic carbocycles. The Labute approximate surface area is 171 Å². The SMILES string of the molecule is Cc1cccc(CN2CCN(C(=O)c3cccnc3Oc3ccccc3)CC2)c1. The molecule has 5 heteroatoms. The topological polar surface area (TPSA) is 45.7 Å². The molecule has 2 heterocycles. The van der Waals surface area contributed by atoms with Gasteiger partial charge in [0.1, 0.15) is 11.3 Å². The van der Waals surface area contributed by atoms with E-state index in [-0.39, 0.29) is 5.91 Å². The largest absolute Gasteiger partial charge is 0.438 e. The van der Waals surface area contributed by atoms with Gasteiger partial charge in [-0.1, -0.05) is 48.0 Å². The van der Waals surface area contributed by atoms with Crippen molar-refractivity contribution in [2.75, 3.05) is 26.2 Å². The van der Waals surface area contributed by atoms with Crippen molar-refractivity contribution in [1.82, 2.24) is 14.8 Å². The summed E-state index contributed by atoms with van der Waals surface area (Å²) in [4.78, 5) is 21.7. The molecule has 0 spiro atoms. The predicted octanol–water partition coefficient (Wildman–Crippen LogP) is 4.14. The Morgan fingerprint density at radius 3 is 2.52 bits per heavy atom. The van der Waals surface area contributed by atoms with Crippen molar-refractivity contribution >= 4 is 5.91 Å². The lowest BCUT2D eigenvalue weighted by Gasteiger charge is -2.35. The molecule has 0 saturated carbocycles. The van der Waals surface area contributed by atoms with Crippen LogP contribution >= 0.6 is 0 Å². The van der Waals surface area contributed by atoms with Gasteiger partial charge in [-0.3, -0.25) is 9.69 Å². The summed E-state index contributed by atoms with van der Waals surface area (Å²) in [6.45, 7) is 6.14. The normalized spacial score (nSPS) is 14.6. The lowest BCUT2D eigenvalue weighted by molar-refractivity contribution is 0.0625. The minimum atomic E-state index is -0.0285. The fraction of sp³-hybridized carbons (Fsp3) is 0.250. The van der Waals surface area contributed by atoms with Crippen LogP contribution < -0.4 is 4.74 Å². The van der Waals surface area contributed by atoms with Gasteiger partial charge in [-0.25, -0.2) is 4.98 Å². The van der Waals surface area contributed by atoms with Crippen molar-refractivity contribution < 1.29 is 9.53 Å². The third kappa shape index (κ3) is 4.81. The Morgan fingerprint density at radius 2 is 1.76 bits per heavy atom. The Balaban J connectivity index is 1.40. The molecule has 1 aliphatic heterocycles. The fourth-order valence-corrected chi connectivity index (χ4v) is 3.58. The lowest BCUT2D eigenvalue weighted by Crippen LogP contribution is -2.48. The number of hydrogen-bond acceptors (Lipinski definition) is 4. The molecule has 1 aliphatic rings. The highest BCUT2D eigenvalue weighted by Crippen LogP contribution is 2.24. The van der Waals surface area contributed by atoms with Gasteiger partial charge in [0.15, 0.2) is 0 Å². The number of para-hydroxylation sites is 1. The van der Waals surface area contributed by atoms with Crippen LogP contribution in [0.4, 0.5) is 0 Å². The van der Waals surface area contributed by atoms with Crippen LogP contribution in [0.2, 0.25) is 0 Å². The highest BCUT2D eigenvalue weighted by Gasteiger charge is 2.25. The number of hydrogen-bond donors (Lipinski definition) is 0. The van der Waals surface area contributed by atoms with Crippen LogP contribution in [-0.4, -0.2) is 46.9 Å². The summed E-state index contributed by atoms with van der Waals surface area (Å²) in [6.07, 6.45) is 1.65. The van der Waals surface area contributed by atoms with E-state index in [4.69, 9.17) is 4.74 Å². The summed E-state index contributed by atoms with van der Waals surface area (Å²) in [7, 11) is 0. The zero-order chi connectivity index (χ0) is 20.1.